The molecule has 0 unspecified atom stereocenters. The van der Waals surface area contributed by atoms with E-state index < -0.39 is 24.3 Å². The van der Waals surface area contributed by atoms with E-state index in [0.29, 0.717) is 19.3 Å². The zero-order valence-electron chi connectivity index (χ0n) is 15.0. The van der Waals surface area contributed by atoms with Crippen LogP contribution in [0.25, 0.3) is 0 Å². The molecule has 0 amide bonds. The Hall–Kier alpha value is -1.69. The Morgan fingerprint density at radius 2 is 1.40 bits per heavy atom. The first-order valence-electron chi connectivity index (χ1n) is 8.86. The van der Waals surface area contributed by atoms with Gasteiger partial charge in [-0.15, -0.1) is 0 Å². The molecule has 0 bridgehead atoms. The molecule has 0 radical (unpaired) electrons. The summed E-state index contributed by atoms with van der Waals surface area (Å²) in [6.45, 7) is 1.75. The smallest absolute Gasteiger partial charge is 0.303 e. The van der Waals surface area contributed by atoms with Crippen molar-refractivity contribution in [3.05, 3.63) is 48.6 Å². The minimum atomic E-state index is -1.15. The summed E-state index contributed by atoms with van der Waals surface area (Å²) < 4.78 is 0. The molecule has 0 saturated heterocycles. The van der Waals surface area contributed by atoms with Gasteiger partial charge in [0.2, 0.25) is 0 Å². The quantitative estimate of drug-likeness (QED) is 0.284. The molecule has 0 rings (SSSR count). The number of hydrogen-bond donors (Lipinski definition) is 4. The summed E-state index contributed by atoms with van der Waals surface area (Å²) in [5, 5.41) is 37.2. The van der Waals surface area contributed by atoms with Crippen molar-refractivity contribution in [2.24, 2.45) is 0 Å². The highest BCUT2D eigenvalue weighted by molar-refractivity contribution is 5.66. The molecule has 0 aromatic rings. The third-order valence-electron chi connectivity index (χ3n) is 3.57. The average Bonchev–Trinajstić information content (AvgIpc) is 2.60. The predicted molar refractivity (Wildman–Crippen MR) is 100 cm³/mol. The van der Waals surface area contributed by atoms with Crippen LogP contribution in [0, 0.1) is 0 Å². The number of aliphatic carboxylic acids is 1. The second-order valence-electron chi connectivity index (χ2n) is 5.79. The first kappa shape index (κ1) is 23.3. The molecule has 5 heteroatoms. The maximum absolute atomic E-state index is 10.3. The van der Waals surface area contributed by atoms with E-state index in [-0.39, 0.29) is 6.42 Å². The number of hydrogen-bond acceptors (Lipinski definition) is 4. The summed E-state index contributed by atoms with van der Waals surface area (Å²) in [5.74, 6) is -0.751. The lowest BCUT2D eigenvalue weighted by Crippen LogP contribution is -2.35. The molecule has 0 heterocycles. The van der Waals surface area contributed by atoms with Crippen molar-refractivity contribution >= 4 is 5.97 Å². The van der Waals surface area contributed by atoms with Gasteiger partial charge in [0, 0.05) is 6.42 Å². The lowest BCUT2D eigenvalue weighted by atomic mass is 10.1. The third-order valence-corrected chi connectivity index (χ3v) is 3.57. The second-order valence-corrected chi connectivity index (χ2v) is 5.79. The first-order chi connectivity index (χ1) is 12.0. The van der Waals surface area contributed by atoms with Gasteiger partial charge in [-0.3, -0.25) is 4.79 Å². The van der Waals surface area contributed by atoms with Crippen molar-refractivity contribution < 1.29 is 25.2 Å². The van der Waals surface area contributed by atoms with Crippen molar-refractivity contribution in [2.75, 3.05) is 0 Å². The lowest BCUT2D eigenvalue weighted by molar-refractivity contribution is -0.137. The Morgan fingerprint density at radius 3 is 1.92 bits per heavy atom. The molecule has 0 aromatic carbocycles. The van der Waals surface area contributed by atoms with Crippen LogP contribution in [0.15, 0.2) is 48.6 Å². The van der Waals surface area contributed by atoms with Crippen LogP contribution in [-0.2, 0) is 4.79 Å². The van der Waals surface area contributed by atoms with Gasteiger partial charge in [-0.05, 0) is 38.5 Å². The van der Waals surface area contributed by atoms with Crippen molar-refractivity contribution in [3.63, 3.8) is 0 Å². The number of allylic oxidation sites excluding steroid dienone is 7. The van der Waals surface area contributed by atoms with E-state index in [2.05, 4.69) is 12.2 Å². The van der Waals surface area contributed by atoms with Crippen LogP contribution in [0.4, 0.5) is 0 Å². The number of aliphatic hydroxyl groups excluding tert-OH is 3. The van der Waals surface area contributed by atoms with Gasteiger partial charge in [0.25, 0.3) is 0 Å². The Balaban J connectivity index is 3.73. The summed E-state index contributed by atoms with van der Waals surface area (Å²) in [6.07, 6.45) is 16.7. The fourth-order valence-corrected chi connectivity index (χ4v) is 2.01. The highest BCUT2D eigenvalue weighted by Crippen LogP contribution is 2.05. The molecular formula is C20H32O5. The SMILES string of the molecule is CC[C@@H](O)[C@H](O)[C@H](O)/C=C\C/C=C\C/C=C\C/C=C\CCCC(=O)O. The van der Waals surface area contributed by atoms with Gasteiger partial charge in [0.05, 0.1) is 6.10 Å². The lowest BCUT2D eigenvalue weighted by Gasteiger charge is -2.19. The Kier molecular flexibility index (Phi) is 14.7. The maximum atomic E-state index is 10.3. The average molecular weight is 352 g/mol. The molecule has 4 N–H and O–H groups in total. The van der Waals surface area contributed by atoms with Gasteiger partial charge in [0.1, 0.15) is 12.2 Å². The second kappa shape index (κ2) is 15.8. The van der Waals surface area contributed by atoms with Gasteiger partial charge < -0.3 is 20.4 Å². The van der Waals surface area contributed by atoms with Gasteiger partial charge in [-0.1, -0.05) is 55.5 Å². The van der Waals surface area contributed by atoms with E-state index >= 15 is 0 Å². The molecule has 0 aliphatic heterocycles. The first-order valence-corrected chi connectivity index (χ1v) is 8.86. The zero-order chi connectivity index (χ0) is 18.9. The maximum Gasteiger partial charge on any atom is 0.303 e. The van der Waals surface area contributed by atoms with Crippen LogP contribution in [0.3, 0.4) is 0 Å². The van der Waals surface area contributed by atoms with E-state index in [0.717, 1.165) is 19.3 Å². The summed E-state index contributed by atoms with van der Waals surface area (Å²) in [6, 6.07) is 0. The van der Waals surface area contributed by atoms with Crippen LogP contribution in [-0.4, -0.2) is 44.7 Å². The van der Waals surface area contributed by atoms with Gasteiger partial charge in [-0.2, -0.15) is 0 Å². The summed E-state index contributed by atoms with van der Waals surface area (Å²) in [7, 11) is 0. The number of aliphatic hydroxyl groups is 3. The number of carboxylic acid groups (broad SMARTS) is 1. The van der Waals surface area contributed by atoms with Crippen LogP contribution in [0.1, 0.15) is 51.9 Å². The molecule has 5 nitrogen and oxygen atoms in total. The van der Waals surface area contributed by atoms with Crippen LogP contribution in [0.2, 0.25) is 0 Å². The minimum absolute atomic E-state index is 0.217. The molecule has 0 aliphatic carbocycles. The van der Waals surface area contributed by atoms with Gasteiger partial charge in [-0.25, -0.2) is 0 Å². The number of carboxylic acids is 1. The monoisotopic (exact) mass is 352 g/mol. The Labute approximate surface area is 150 Å². The highest BCUT2D eigenvalue weighted by Gasteiger charge is 2.20. The molecule has 0 aromatic heterocycles. The summed E-state index contributed by atoms with van der Waals surface area (Å²) in [5.41, 5.74) is 0. The Bertz CT molecular complexity index is 451. The van der Waals surface area contributed by atoms with Crippen molar-refractivity contribution in [2.45, 2.75) is 70.2 Å². The van der Waals surface area contributed by atoms with Crippen molar-refractivity contribution in [3.8, 4) is 0 Å². The standard InChI is InChI=1S/C20H32O5/c1-2-17(21)20(25)18(22)15-13-11-9-7-5-3-4-6-8-10-12-14-16-19(23)24/h3-4,7-10,13,15,17-18,20-22,25H,2,5-6,11-12,14,16H2,1H3,(H,23,24)/b4-3-,9-7-,10-8-,15-13-/t17-,18-,20+/m1/s1. The third kappa shape index (κ3) is 14.4. The summed E-state index contributed by atoms with van der Waals surface area (Å²) in [4.78, 5) is 10.3. The number of rotatable bonds is 14. The van der Waals surface area contributed by atoms with Gasteiger partial charge >= 0.3 is 5.97 Å². The molecule has 0 saturated carbocycles. The molecule has 0 spiro atoms. The van der Waals surface area contributed by atoms with E-state index in [1.807, 2.05) is 24.3 Å². The Morgan fingerprint density at radius 1 is 0.880 bits per heavy atom. The fraction of sp³-hybridized carbons (Fsp3) is 0.550. The molecule has 0 aliphatic rings. The van der Waals surface area contributed by atoms with Crippen LogP contribution < -0.4 is 0 Å². The minimum Gasteiger partial charge on any atom is -0.481 e. The van der Waals surface area contributed by atoms with E-state index in [4.69, 9.17) is 5.11 Å². The molecular weight excluding hydrogens is 320 g/mol. The van der Waals surface area contributed by atoms with E-state index in [1.54, 1.807) is 13.0 Å². The van der Waals surface area contributed by atoms with E-state index in [9.17, 15) is 20.1 Å². The molecule has 3 atom stereocenters. The summed E-state index contributed by atoms with van der Waals surface area (Å²) >= 11 is 0. The van der Waals surface area contributed by atoms with E-state index in [1.165, 1.54) is 6.08 Å². The molecule has 0 fully saturated rings. The molecule has 142 valence electrons. The number of carbonyl (C=O) groups is 1. The van der Waals surface area contributed by atoms with Crippen LogP contribution in [0.5, 0.6) is 0 Å². The number of unbranched alkanes of at least 4 members (excludes halogenated alkanes) is 1. The molecule has 25 heavy (non-hydrogen) atoms. The predicted octanol–water partition coefficient (Wildman–Crippen LogP) is 3.13. The van der Waals surface area contributed by atoms with Crippen molar-refractivity contribution in [1.82, 2.24) is 0 Å². The largest absolute Gasteiger partial charge is 0.481 e. The zero-order valence-corrected chi connectivity index (χ0v) is 15.0. The van der Waals surface area contributed by atoms with Crippen LogP contribution >= 0.6 is 0 Å². The fourth-order valence-electron chi connectivity index (χ4n) is 2.01. The van der Waals surface area contributed by atoms with Crippen molar-refractivity contribution in [1.29, 1.82) is 0 Å². The highest BCUT2D eigenvalue weighted by atomic mass is 16.4. The van der Waals surface area contributed by atoms with Gasteiger partial charge in [0.15, 0.2) is 0 Å². The topological polar surface area (TPSA) is 98.0 Å². The normalized spacial score (nSPS) is 16.3.